The van der Waals surface area contributed by atoms with Gasteiger partial charge in [0.1, 0.15) is 0 Å². The zero-order valence-corrected chi connectivity index (χ0v) is 15.5. The molecule has 0 saturated heterocycles. The van der Waals surface area contributed by atoms with Gasteiger partial charge < -0.3 is 10.3 Å². The van der Waals surface area contributed by atoms with Crippen LogP contribution in [-0.4, -0.2) is 21.9 Å². The monoisotopic (exact) mass is 396 g/mol. The van der Waals surface area contributed by atoms with Crippen LogP contribution < -0.4 is 10.6 Å². The first kappa shape index (κ1) is 18.0. The zero-order chi connectivity index (χ0) is 18.0. The van der Waals surface area contributed by atoms with Crippen molar-refractivity contribution < 1.29 is 4.79 Å². The van der Waals surface area contributed by atoms with E-state index >= 15 is 0 Å². The first-order chi connectivity index (χ1) is 11.9. The van der Waals surface area contributed by atoms with E-state index in [4.69, 9.17) is 34.8 Å². The normalized spacial score (nSPS) is 12.3. The van der Waals surface area contributed by atoms with Crippen LogP contribution in [0.25, 0.3) is 11.0 Å². The lowest BCUT2D eigenvalue weighted by atomic mass is 10.2. The summed E-state index contributed by atoms with van der Waals surface area (Å²) in [4.78, 5) is 19.6. The summed E-state index contributed by atoms with van der Waals surface area (Å²) in [6, 6.07) is 10.1. The third kappa shape index (κ3) is 4.64. The van der Waals surface area contributed by atoms with Crippen molar-refractivity contribution in [1.29, 1.82) is 0 Å². The molecule has 0 aliphatic carbocycles. The van der Waals surface area contributed by atoms with Gasteiger partial charge in [0.2, 0.25) is 11.9 Å². The maximum atomic E-state index is 12.3. The highest BCUT2D eigenvalue weighted by Gasteiger charge is 2.14. The van der Waals surface area contributed by atoms with Gasteiger partial charge in [-0.25, -0.2) is 4.98 Å². The number of aromatic nitrogens is 2. The number of rotatable bonds is 5. The highest BCUT2D eigenvalue weighted by atomic mass is 35.5. The molecule has 1 heterocycles. The number of benzene rings is 2. The Balaban J connectivity index is 1.61. The number of hydrogen-bond donors (Lipinski definition) is 3. The molecule has 25 heavy (non-hydrogen) atoms. The molecule has 8 heteroatoms. The summed E-state index contributed by atoms with van der Waals surface area (Å²) in [5.74, 6) is 0.167. The second-order valence-corrected chi connectivity index (χ2v) is 6.93. The number of aromatic amines is 1. The molecule has 3 rings (SSSR count). The second kappa shape index (κ2) is 7.62. The molecule has 2 aromatic carbocycles. The predicted octanol–water partition coefficient (Wildman–Crippen LogP) is 4.64. The highest BCUT2D eigenvalue weighted by Crippen LogP contribution is 2.20. The maximum absolute atomic E-state index is 12.3. The highest BCUT2D eigenvalue weighted by molar-refractivity contribution is 6.34. The fourth-order valence-electron chi connectivity index (χ4n) is 2.34. The van der Waals surface area contributed by atoms with Gasteiger partial charge in [0.05, 0.1) is 17.1 Å². The number of carbonyl (C=O) groups is 1. The molecule has 1 aromatic heterocycles. The summed E-state index contributed by atoms with van der Waals surface area (Å²) in [6.07, 6.45) is 0. The molecule has 0 spiro atoms. The number of halogens is 3. The SMILES string of the molecule is CC(NCc1cc(Cl)cc(Cl)c1)C(=O)Nc1nc2ccc(Cl)cc2[nH]1. The minimum atomic E-state index is -0.436. The van der Waals surface area contributed by atoms with E-state index in [2.05, 4.69) is 20.6 Å². The van der Waals surface area contributed by atoms with Gasteiger partial charge in [0.25, 0.3) is 0 Å². The van der Waals surface area contributed by atoms with Crippen LogP contribution in [0, 0.1) is 0 Å². The Labute approximate surface area is 159 Å². The van der Waals surface area contributed by atoms with Gasteiger partial charge in [0, 0.05) is 21.6 Å². The Morgan fingerprint density at radius 1 is 1.12 bits per heavy atom. The van der Waals surface area contributed by atoms with E-state index < -0.39 is 6.04 Å². The number of hydrogen-bond acceptors (Lipinski definition) is 3. The quantitative estimate of drug-likeness (QED) is 0.587. The van der Waals surface area contributed by atoms with Crippen molar-refractivity contribution in [3.05, 3.63) is 57.0 Å². The van der Waals surface area contributed by atoms with Gasteiger partial charge in [0.15, 0.2) is 0 Å². The fraction of sp³-hybridized carbons (Fsp3) is 0.176. The maximum Gasteiger partial charge on any atom is 0.243 e. The lowest BCUT2D eigenvalue weighted by molar-refractivity contribution is -0.117. The van der Waals surface area contributed by atoms with Crippen LogP contribution in [0.1, 0.15) is 12.5 Å². The van der Waals surface area contributed by atoms with Crippen LogP contribution >= 0.6 is 34.8 Å². The van der Waals surface area contributed by atoms with Gasteiger partial charge >= 0.3 is 0 Å². The van der Waals surface area contributed by atoms with Gasteiger partial charge in [-0.05, 0) is 48.9 Å². The standard InChI is InChI=1S/C17H15Cl3N4O/c1-9(21-8-10-4-12(19)6-13(20)5-10)16(25)24-17-22-14-3-2-11(18)7-15(14)23-17/h2-7,9,21H,8H2,1H3,(H2,22,23,24,25). The number of fused-ring (bicyclic) bond motifs is 1. The van der Waals surface area contributed by atoms with Gasteiger partial charge in [-0.1, -0.05) is 34.8 Å². The third-order valence-electron chi connectivity index (χ3n) is 3.61. The Bertz CT molecular complexity index is 905. The molecule has 0 radical (unpaired) electrons. The lowest BCUT2D eigenvalue weighted by Gasteiger charge is -2.13. The van der Waals surface area contributed by atoms with Gasteiger partial charge in [-0.15, -0.1) is 0 Å². The molecule has 1 unspecified atom stereocenters. The van der Waals surface area contributed by atoms with Crippen molar-refractivity contribution >= 4 is 57.7 Å². The molecule has 0 fully saturated rings. The number of anilines is 1. The Morgan fingerprint density at radius 3 is 2.56 bits per heavy atom. The van der Waals surface area contributed by atoms with E-state index in [1.165, 1.54) is 0 Å². The van der Waals surface area contributed by atoms with Crippen LogP contribution in [-0.2, 0) is 11.3 Å². The number of imidazole rings is 1. The molecule has 1 atom stereocenters. The van der Waals surface area contributed by atoms with E-state index in [-0.39, 0.29) is 5.91 Å². The Kier molecular flexibility index (Phi) is 5.49. The summed E-state index contributed by atoms with van der Waals surface area (Å²) in [5.41, 5.74) is 2.39. The van der Waals surface area contributed by atoms with Gasteiger partial charge in [-0.2, -0.15) is 0 Å². The summed E-state index contributed by atoms with van der Waals surface area (Å²) in [5, 5.41) is 7.59. The third-order valence-corrected chi connectivity index (χ3v) is 4.29. The first-order valence-electron chi connectivity index (χ1n) is 7.55. The summed E-state index contributed by atoms with van der Waals surface area (Å²) in [7, 11) is 0. The molecule has 3 aromatic rings. The van der Waals surface area contributed by atoms with E-state index in [0.717, 1.165) is 16.6 Å². The molecule has 1 amide bonds. The molecule has 0 bridgehead atoms. The van der Waals surface area contributed by atoms with Crippen LogP contribution in [0.4, 0.5) is 5.95 Å². The van der Waals surface area contributed by atoms with E-state index in [9.17, 15) is 4.79 Å². The number of H-pyrrole nitrogens is 1. The van der Waals surface area contributed by atoms with Crippen molar-refractivity contribution in [3.8, 4) is 0 Å². The molecule has 3 N–H and O–H groups in total. The van der Waals surface area contributed by atoms with Crippen molar-refractivity contribution in [2.45, 2.75) is 19.5 Å². The molecule has 5 nitrogen and oxygen atoms in total. The molecule has 0 aliphatic heterocycles. The van der Waals surface area contributed by atoms with Crippen molar-refractivity contribution in [3.63, 3.8) is 0 Å². The van der Waals surface area contributed by atoms with Crippen LogP contribution in [0.2, 0.25) is 15.1 Å². The van der Waals surface area contributed by atoms with E-state index in [1.807, 2.05) is 0 Å². The molecule has 0 saturated carbocycles. The summed E-state index contributed by atoms with van der Waals surface area (Å²) >= 11 is 17.9. The van der Waals surface area contributed by atoms with Crippen LogP contribution in [0.15, 0.2) is 36.4 Å². The largest absolute Gasteiger partial charge is 0.324 e. The van der Waals surface area contributed by atoms with Crippen molar-refractivity contribution in [1.82, 2.24) is 15.3 Å². The number of carbonyl (C=O) groups excluding carboxylic acids is 1. The number of nitrogens with one attached hydrogen (secondary N) is 3. The van der Waals surface area contributed by atoms with Crippen molar-refractivity contribution in [2.24, 2.45) is 0 Å². The van der Waals surface area contributed by atoms with Crippen molar-refractivity contribution in [2.75, 3.05) is 5.32 Å². The van der Waals surface area contributed by atoms with Gasteiger partial charge in [-0.3, -0.25) is 10.1 Å². The minimum Gasteiger partial charge on any atom is -0.324 e. The molecule has 0 aliphatic rings. The minimum absolute atomic E-state index is 0.210. The van der Waals surface area contributed by atoms with E-state index in [0.29, 0.717) is 27.6 Å². The number of amides is 1. The predicted molar refractivity (Wildman–Crippen MR) is 102 cm³/mol. The Morgan fingerprint density at radius 2 is 1.84 bits per heavy atom. The zero-order valence-electron chi connectivity index (χ0n) is 13.2. The summed E-state index contributed by atoms with van der Waals surface area (Å²) in [6.45, 7) is 2.23. The topological polar surface area (TPSA) is 69.8 Å². The first-order valence-corrected chi connectivity index (χ1v) is 8.68. The van der Waals surface area contributed by atoms with Crippen LogP contribution in [0.5, 0.6) is 0 Å². The summed E-state index contributed by atoms with van der Waals surface area (Å²) < 4.78 is 0. The van der Waals surface area contributed by atoms with E-state index in [1.54, 1.807) is 43.3 Å². The average molecular weight is 398 g/mol. The fourth-order valence-corrected chi connectivity index (χ4v) is 3.09. The molecular weight excluding hydrogens is 383 g/mol. The Hall–Kier alpha value is -1.79. The second-order valence-electron chi connectivity index (χ2n) is 5.62. The smallest absolute Gasteiger partial charge is 0.243 e. The number of nitrogens with zero attached hydrogens (tertiary/aromatic N) is 1. The average Bonchev–Trinajstić information content (AvgIpc) is 2.92. The lowest BCUT2D eigenvalue weighted by Crippen LogP contribution is -2.37. The van der Waals surface area contributed by atoms with Crippen LogP contribution in [0.3, 0.4) is 0 Å². The molecule has 130 valence electrons. The molecular formula is C17H15Cl3N4O.